The third-order valence-electron chi connectivity index (χ3n) is 5.93. The second-order valence-corrected chi connectivity index (χ2v) is 10.8. The molecule has 0 saturated carbocycles. The number of imidazole rings is 1. The van der Waals surface area contributed by atoms with E-state index in [2.05, 4.69) is 43.2 Å². The number of anilines is 2. The van der Waals surface area contributed by atoms with E-state index in [1.165, 1.54) is 11.8 Å². The average molecular weight is 473 g/mol. The molecular weight excluding hydrogens is 440 g/mol. The van der Waals surface area contributed by atoms with Gasteiger partial charge < -0.3 is 19.7 Å². The number of carbonyl (C=O) groups is 1. The van der Waals surface area contributed by atoms with Gasteiger partial charge in [-0.15, -0.1) is 0 Å². The highest BCUT2D eigenvalue weighted by molar-refractivity contribution is 5.88. The zero-order valence-electron chi connectivity index (χ0n) is 21.3. The maximum Gasteiger partial charge on any atom is 0.354 e. The first-order chi connectivity index (χ1) is 16.3. The van der Waals surface area contributed by atoms with Crippen LogP contribution in [0.3, 0.4) is 0 Å². The molecule has 7 nitrogen and oxygen atoms in total. The van der Waals surface area contributed by atoms with Gasteiger partial charge in [-0.1, -0.05) is 53.7 Å². The van der Waals surface area contributed by atoms with Crippen LogP contribution in [0.2, 0.25) is 0 Å². The van der Waals surface area contributed by atoms with E-state index in [1.807, 2.05) is 62.7 Å². The Kier molecular flexibility index (Phi) is 6.05. The number of fused-ring (bicyclic) bond motifs is 1. The molecule has 0 spiro atoms. The lowest BCUT2D eigenvalue weighted by atomic mass is 9.85. The minimum atomic E-state index is -1.08. The van der Waals surface area contributed by atoms with Gasteiger partial charge >= 0.3 is 5.97 Å². The van der Waals surface area contributed by atoms with Crippen LogP contribution in [0.4, 0.5) is 11.6 Å². The Morgan fingerprint density at radius 1 is 1.00 bits per heavy atom. The number of rotatable bonds is 5. The van der Waals surface area contributed by atoms with E-state index in [4.69, 9.17) is 9.72 Å². The highest BCUT2D eigenvalue weighted by Crippen LogP contribution is 2.37. The molecule has 2 N–H and O–H groups in total. The van der Waals surface area contributed by atoms with Crippen LogP contribution >= 0.6 is 0 Å². The number of pyridine rings is 1. The second kappa shape index (κ2) is 8.73. The Morgan fingerprint density at radius 3 is 2.40 bits per heavy atom. The van der Waals surface area contributed by atoms with Gasteiger partial charge in [0, 0.05) is 30.6 Å². The van der Waals surface area contributed by atoms with Crippen LogP contribution in [0.25, 0.3) is 11.0 Å². The summed E-state index contributed by atoms with van der Waals surface area (Å²) in [5, 5.41) is 13.1. The van der Waals surface area contributed by atoms with Crippen molar-refractivity contribution in [1.82, 2.24) is 14.5 Å². The Hall–Kier alpha value is -3.87. The van der Waals surface area contributed by atoms with Crippen molar-refractivity contribution in [2.45, 2.75) is 52.4 Å². The smallest absolute Gasteiger partial charge is 0.354 e. The highest BCUT2D eigenvalue weighted by atomic mass is 16.5. The summed E-state index contributed by atoms with van der Waals surface area (Å²) < 4.78 is 8.18. The van der Waals surface area contributed by atoms with Crippen molar-refractivity contribution >= 4 is 28.6 Å². The molecule has 4 rings (SSSR count). The van der Waals surface area contributed by atoms with Crippen molar-refractivity contribution in [3.8, 4) is 11.5 Å². The molecule has 35 heavy (non-hydrogen) atoms. The van der Waals surface area contributed by atoms with Crippen molar-refractivity contribution < 1.29 is 14.6 Å². The first-order valence-corrected chi connectivity index (χ1v) is 11.6. The van der Waals surface area contributed by atoms with Crippen molar-refractivity contribution in [2.75, 3.05) is 5.32 Å². The third-order valence-corrected chi connectivity index (χ3v) is 5.93. The summed E-state index contributed by atoms with van der Waals surface area (Å²) in [5.74, 6) is 0.685. The molecular formula is C28H32N4O3. The number of carboxylic acids is 1. The number of nitrogens with one attached hydrogen (secondary N) is 1. The Labute approximate surface area is 205 Å². The molecule has 0 aliphatic carbocycles. The van der Waals surface area contributed by atoms with Crippen LogP contribution in [-0.4, -0.2) is 25.6 Å². The lowest BCUT2D eigenvalue weighted by molar-refractivity contribution is 0.0687. The third kappa shape index (κ3) is 4.99. The predicted octanol–water partition coefficient (Wildman–Crippen LogP) is 6.80. The monoisotopic (exact) mass is 472 g/mol. The molecule has 2 heterocycles. The van der Waals surface area contributed by atoms with Crippen LogP contribution in [0.15, 0.2) is 54.7 Å². The van der Waals surface area contributed by atoms with E-state index < -0.39 is 11.4 Å². The predicted molar refractivity (Wildman–Crippen MR) is 139 cm³/mol. The Morgan fingerprint density at radius 2 is 1.74 bits per heavy atom. The maximum atomic E-state index is 11.8. The normalized spacial score (nSPS) is 12.1. The van der Waals surface area contributed by atoms with Crippen LogP contribution in [0, 0.1) is 0 Å². The molecule has 0 atom stereocenters. The SMILES string of the molecule is Cn1c(Nc2cccc(C(C)(C)C)c2)nc2cc(Oc3ccnc(C(=O)O)c3C(C)(C)C)ccc21. The first kappa shape index (κ1) is 24.3. The number of nitrogens with zero attached hydrogens (tertiary/aromatic N) is 3. The second-order valence-electron chi connectivity index (χ2n) is 10.8. The summed E-state index contributed by atoms with van der Waals surface area (Å²) in [5.41, 5.74) is 4.06. The van der Waals surface area contributed by atoms with Crippen molar-refractivity contribution in [3.63, 3.8) is 0 Å². The van der Waals surface area contributed by atoms with Gasteiger partial charge in [0.15, 0.2) is 5.69 Å². The van der Waals surface area contributed by atoms with Crippen molar-refractivity contribution in [2.24, 2.45) is 7.05 Å². The summed E-state index contributed by atoms with van der Waals surface area (Å²) >= 11 is 0. The number of aryl methyl sites for hydroxylation is 1. The molecule has 2 aromatic carbocycles. The van der Waals surface area contributed by atoms with Crippen LogP contribution in [-0.2, 0) is 17.9 Å². The number of hydrogen-bond acceptors (Lipinski definition) is 5. The highest BCUT2D eigenvalue weighted by Gasteiger charge is 2.27. The van der Waals surface area contributed by atoms with Gasteiger partial charge in [-0.05, 0) is 46.7 Å². The van der Waals surface area contributed by atoms with E-state index in [1.54, 1.807) is 6.07 Å². The molecule has 182 valence electrons. The van der Waals surface area contributed by atoms with Crippen LogP contribution in [0.5, 0.6) is 11.5 Å². The van der Waals surface area contributed by atoms with E-state index in [0.717, 1.165) is 22.7 Å². The number of carboxylic acid groups (broad SMARTS) is 1. The lowest BCUT2D eigenvalue weighted by Gasteiger charge is -2.23. The molecule has 0 aliphatic heterocycles. The summed E-state index contributed by atoms with van der Waals surface area (Å²) in [6, 6.07) is 15.7. The van der Waals surface area contributed by atoms with Gasteiger partial charge in [0.1, 0.15) is 11.5 Å². The summed E-state index contributed by atoms with van der Waals surface area (Å²) in [6.07, 6.45) is 1.46. The molecule has 0 aliphatic rings. The average Bonchev–Trinajstić information content (AvgIpc) is 3.07. The van der Waals surface area contributed by atoms with E-state index in [-0.39, 0.29) is 11.1 Å². The zero-order chi connectivity index (χ0) is 25.5. The van der Waals surface area contributed by atoms with Crippen molar-refractivity contribution in [1.29, 1.82) is 0 Å². The minimum absolute atomic E-state index is 0.00196. The molecule has 4 aromatic rings. The first-order valence-electron chi connectivity index (χ1n) is 11.6. The summed E-state index contributed by atoms with van der Waals surface area (Å²) in [4.78, 5) is 20.6. The van der Waals surface area contributed by atoms with Gasteiger partial charge in [0.05, 0.1) is 11.0 Å². The largest absolute Gasteiger partial charge is 0.476 e. The standard InChI is InChI=1S/C28H32N4O3/c1-27(2,3)17-9-8-10-18(15-17)30-26-31-20-16-19(11-12-21(20)32(26)7)35-22-13-14-29-24(25(33)34)23(22)28(4,5)6/h8-16H,1-7H3,(H,30,31)(H,33,34). The van der Waals surface area contributed by atoms with E-state index in [9.17, 15) is 9.90 Å². The number of ether oxygens (including phenoxy) is 1. The van der Waals surface area contributed by atoms with Gasteiger partial charge in [0.2, 0.25) is 5.95 Å². The summed E-state index contributed by atoms with van der Waals surface area (Å²) in [7, 11) is 1.96. The molecule has 2 aromatic heterocycles. The fraction of sp³-hybridized carbons (Fsp3) is 0.321. The van der Waals surface area contributed by atoms with E-state index in [0.29, 0.717) is 17.1 Å². The fourth-order valence-electron chi connectivity index (χ4n) is 4.09. The topological polar surface area (TPSA) is 89.3 Å². The molecule has 7 heteroatoms. The van der Waals surface area contributed by atoms with Crippen LogP contribution < -0.4 is 10.1 Å². The fourth-order valence-corrected chi connectivity index (χ4v) is 4.09. The number of aromatic nitrogens is 3. The number of benzene rings is 2. The lowest BCUT2D eigenvalue weighted by Crippen LogP contribution is -2.19. The number of aromatic carboxylic acids is 1. The van der Waals surface area contributed by atoms with E-state index >= 15 is 0 Å². The molecule has 0 amide bonds. The maximum absolute atomic E-state index is 11.8. The molecule has 0 fully saturated rings. The van der Waals surface area contributed by atoms with Crippen molar-refractivity contribution in [3.05, 3.63) is 71.5 Å². The number of hydrogen-bond donors (Lipinski definition) is 2. The summed E-state index contributed by atoms with van der Waals surface area (Å²) in [6.45, 7) is 12.4. The Balaban J connectivity index is 1.68. The zero-order valence-corrected chi connectivity index (χ0v) is 21.3. The van der Waals surface area contributed by atoms with Gasteiger partial charge in [0.25, 0.3) is 0 Å². The molecule has 0 bridgehead atoms. The molecule has 0 radical (unpaired) electrons. The molecule has 0 unspecified atom stereocenters. The quantitative estimate of drug-likeness (QED) is 0.332. The van der Waals surface area contributed by atoms with Gasteiger partial charge in [-0.2, -0.15) is 0 Å². The minimum Gasteiger partial charge on any atom is -0.476 e. The van der Waals surface area contributed by atoms with Gasteiger partial charge in [-0.25, -0.2) is 14.8 Å². The Bertz CT molecular complexity index is 1410. The van der Waals surface area contributed by atoms with Crippen LogP contribution in [0.1, 0.15) is 63.2 Å². The van der Waals surface area contributed by atoms with Gasteiger partial charge in [-0.3, -0.25) is 0 Å². The molecule has 0 saturated heterocycles.